The summed E-state index contributed by atoms with van der Waals surface area (Å²) in [4.78, 5) is 17.3. The van der Waals surface area contributed by atoms with Gasteiger partial charge in [-0.1, -0.05) is 39.7 Å². The predicted molar refractivity (Wildman–Crippen MR) is 87.7 cm³/mol. The summed E-state index contributed by atoms with van der Waals surface area (Å²) in [5, 5.41) is 8.80. The second-order valence-electron chi connectivity index (χ2n) is 4.41. The Labute approximate surface area is 134 Å². The Kier molecular flexibility index (Phi) is 3.61. The number of hydrogen-bond acceptors (Lipinski definition) is 2. The van der Waals surface area contributed by atoms with Gasteiger partial charge in [-0.15, -0.1) is 0 Å². The van der Waals surface area contributed by atoms with Crippen LogP contribution in [0.25, 0.3) is 0 Å². The van der Waals surface area contributed by atoms with Gasteiger partial charge in [0.15, 0.2) is 5.84 Å². The second kappa shape index (κ2) is 5.42. The van der Waals surface area contributed by atoms with Crippen molar-refractivity contribution in [1.29, 1.82) is 5.41 Å². The third-order valence-electron chi connectivity index (χ3n) is 3.05. The molecular weight excluding hydrogens is 354 g/mol. The van der Waals surface area contributed by atoms with Crippen molar-refractivity contribution in [2.45, 2.75) is 0 Å². The predicted octanol–water partition coefficient (Wildman–Crippen LogP) is 4.51. The average molecular weight is 363 g/mol. The molecule has 2 aromatic carbocycles. The van der Waals surface area contributed by atoms with Gasteiger partial charge in [0, 0.05) is 15.1 Å². The molecule has 0 saturated heterocycles. The quantitative estimate of drug-likeness (QED) is 0.839. The van der Waals surface area contributed by atoms with E-state index in [9.17, 15) is 4.79 Å². The van der Waals surface area contributed by atoms with Crippen LogP contribution in [0.2, 0.25) is 5.02 Å². The van der Waals surface area contributed by atoms with Crippen molar-refractivity contribution in [3.05, 3.63) is 63.6 Å². The maximum Gasteiger partial charge on any atom is 0.354 e. The number of carbonyl (C=O) groups excluding carboxylic acids is 1. The Morgan fingerprint density at radius 2 is 1.67 bits per heavy atom. The normalized spacial score (nSPS) is 14.6. The van der Waals surface area contributed by atoms with Crippen LogP contribution >= 0.6 is 27.5 Å². The van der Waals surface area contributed by atoms with Crippen molar-refractivity contribution in [2.24, 2.45) is 4.99 Å². The molecule has 2 amide bonds. The van der Waals surface area contributed by atoms with Crippen molar-refractivity contribution < 1.29 is 4.79 Å². The average Bonchev–Trinajstić information content (AvgIpc) is 2.76. The Bertz CT molecular complexity index is 753. The standard InChI is InChI=1S/C15H9BrClN3O/c16-10-3-7-12(8-4-10)20-14(18)13(19-15(20)21)9-1-5-11(17)6-2-9/h1-8,18H. The van der Waals surface area contributed by atoms with E-state index in [1.54, 1.807) is 36.4 Å². The Morgan fingerprint density at radius 3 is 2.29 bits per heavy atom. The Hall–Kier alpha value is -1.98. The van der Waals surface area contributed by atoms with Crippen molar-refractivity contribution in [1.82, 2.24) is 0 Å². The molecule has 0 radical (unpaired) electrons. The molecule has 0 fully saturated rings. The molecule has 3 rings (SSSR count). The highest BCUT2D eigenvalue weighted by Crippen LogP contribution is 2.24. The molecule has 0 saturated carbocycles. The highest BCUT2D eigenvalue weighted by molar-refractivity contribution is 9.10. The van der Waals surface area contributed by atoms with Crippen LogP contribution in [0.4, 0.5) is 10.5 Å². The summed E-state index contributed by atoms with van der Waals surface area (Å²) >= 11 is 9.19. The van der Waals surface area contributed by atoms with E-state index >= 15 is 0 Å². The number of carbonyl (C=O) groups is 1. The number of benzene rings is 2. The van der Waals surface area contributed by atoms with Gasteiger partial charge in [0.1, 0.15) is 5.71 Å². The maximum absolute atomic E-state index is 12.1. The molecule has 1 heterocycles. The Morgan fingerprint density at radius 1 is 1.05 bits per heavy atom. The summed E-state index contributed by atoms with van der Waals surface area (Å²) in [6, 6.07) is 13.6. The van der Waals surface area contributed by atoms with Crippen LogP contribution in [0.1, 0.15) is 5.56 Å². The van der Waals surface area contributed by atoms with E-state index in [1.807, 2.05) is 12.1 Å². The van der Waals surface area contributed by atoms with Gasteiger partial charge >= 0.3 is 6.03 Å². The van der Waals surface area contributed by atoms with Crippen LogP contribution in [0.5, 0.6) is 0 Å². The van der Waals surface area contributed by atoms with Gasteiger partial charge in [0.2, 0.25) is 0 Å². The summed E-state index contributed by atoms with van der Waals surface area (Å²) in [7, 11) is 0. The summed E-state index contributed by atoms with van der Waals surface area (Å²) in [6.07, 6.45) is 0. The molecule has 1 aliphatic rings. The molecule has 0 spiro atoms. The summed E-state index contributed by atoms with van der Waals surface area (Å²) in [5.74, 6) is 0.0599. The maximum atomic E-state index is 12.1. The summed E-state index contributed by atoms with van der Waals surface area (Å²) < 4.78 is 0.906. The van der Waals surface area contributed by atoms with Gasteiger partial charge in [-0.25, -0.2) is 9.69 Å². The third kappa shape index (κ3) is 2.62. The zero-order valence-electron chi connectivity index (χ0n) is 10.7. The zero-order chi connectivity index (χ0) is 15.0. The van der Waals surface area contributed by atoms with Crippen LogP contribution in [-0.4, -0.2) is 17.6 Å². The second-order valence-corrected chi connectivity index (χ2v) is 5.76. The fraction of sp³-hybridized carbons (Fsp3) is 0. The number of nitrogens with zero attached hydrogens (tertiary/aromatic N) is 2. The van der Waals surface area contributed by atoms with E-state index in [0.717, 1.165) is 4.47 Å². The fourth-order valence-corrected chi connectivity index (χ4v) is 2.43. The highest BCUT2D eigenvalue weighted by Gasteiger charge is 2.31. The van der Waals surface area contributed by atoms with E-state index in [0.29, 0.717) is 22.0 Å². The lowest BCUT2D eigenvalue weighted by Gasteiger charge is -2.15. The Balaban J connectivity index is 1.95. The zero-order valence-corrected chi connectivity index (χ0v) is 13.0. The van der Waals surface area contributed by atoms with Crippen LogP contribution < -0.4 is 4.90 Å². The van der Waals surface area contributed by atoms with Crippen LogP contribution in [0, 0.1) is 5.41 Å². The number of aliphatic imine (C=N–C) groups is 1. The number of nitrogens with one attached hydrogen (secondary N) is 1. The van der Waals surface area contributed by atoms with Gasteiger partial charge < -0.3 is 0 Å². The van der Waals surface area contributed by atoms with Crippen molar-refractivity contribution >= 4 is 50.8 Å². The molecule has 4 nitrogen and oxygen atoms in total. The smallest absolute Gasteiger partial charge is 0.282 e. The molecule has 21 heavy (non-hydrogen) atoms. The first-order valence-electron chi connectivity index (χ1n) is 6.09. The molecule has 0 bridgehead atoms. The van der Waals surface area contributed by atoms with Gasteiger partial charge in [0.05, 0.1) is 5.69 Å². The highest BCUT2D eigenvalue weighted by atomic mass is 79.9. The molecule has 0 atom stereocenters. The summed E-state index contributed by atoms with van der Waals surface area (Å²) in [5.41, 5.74) is 1.65. The third-order valence-corrected chi connectivity index (χ3v) is 3.83. The number of halogens is 2. The number of hydrogen-bond donors (Lipinski definition) is 1. The van der Waals surface area contributed by atoms with E-state index in [2.05, 4.69) is 20.9 Å². The molecule has 2 aromatic rings. The number of anilines is 1. The number of urea groups is 1. The molecule has 0 aliphatic carbocycles. The largest absolute Gasteiger partial charge is 0.354 e. The molecule has 0 unspecified atom stereocenters. The van der Waals surface area contributed by atoms with Crippen molar-refractivity contribution in [3.63, 3.8) is 0 Å². The minimum absolute atomic E-state index is 0.0599. The minimum Gasteiger partial charge on any atom is -0.282 e. The number of rotatable bonds is 2. The van der Waals surface area contributed by atoms with E-state index in [4.69, 9.17) is 17.0 Å². The lowest BCUT2D eigenvalue weighted by atomic mass is 10.1. The lowest BCUT2D eigenvalue weighted by molar-refractivity contribution is 0.257. The molecule has 104 valence electrons. The van der Waals surface area contributed by atoms with Gasteiger partial charge in [-0.3, -0.25) is 5.41 Å². The van der Waals surface area contributed by atoms with Gasteiger partial charge in [-0.2, -0.15) is 4.99 Å². The molecular formula is C15H9BrClN3O. The first kappa shape index (κ1) is 14.0. The fourth-order valence-electron chi connectivity index (χ4n) is 2.04. The number of amidine groups is 1. The summed E-state index contributed by atoms with van der Waals surface area (Å²) in [6.45, 7) is 0. The van der Waals surface area contributed by atoms with Gasteiger partial charge in [-0.05, 0) is 36.4 Å². The van der Waals surface area contributed by atoms with E-state index in [1.165, 1.54) is 4.90 Å². The van der Waals surface area contributed by atoms with Crippen LogP contribution in [0.15, 0.2) is 58.0 Å². The van der Waals surface area contributed by atoms with E-state index < -0.39 is 6.03 Å². The first-order valence-corrected chi connectivity index (χ1v) is 7.26. The van der Waals surface area contributed by atoms with Crippen molar-refractivity contribution in [2.75, 3.05) is 4.90 Å². The SMILES string of the molecule is N=C1C(c2ccc(Cl)cc2)=NC(=O)N1c1ccc(Br)cc1. The van der Waals surface area contributed by atoms with Gasteiger partial charge in [0.25, 0.3) is 0 Å². The molecule has 1 aliphatic heterocycles. The number of amides is 2. The van der Waals surface area contributed by atoms with Crippen LogP contribution in [-0.2, 0) is 0 Å². The van der Waals surface area contributed by atoms with E-state index in [-0.39, 0.29) is 5.84 Å². The molecule has 6 heteroatoms. The van der Waals surface area contributed by atoms with Crippen LogP contribution in [0.3, 0.4) is 0 Å². The monoisotopic (exact) mass is 361 g/mol. The first-order chi connectivity index (χ1) is 10.1. The minimum atomic E-state index is -0.465. The molecule has 1 N–H and O–H groups in total. The van der Waals surface area contributed by atoms with Crippen molar-refractivity contribution in [3.8, 4) is 0 Å². The molecule has 0 aromatic heterocycles. The lowest BCUT2D eigenvalue weighted by Crippen LogP contribution is -2.32. The topological polar surface area (TPSA) is 56.5 Å².